The van der Waals surface area contributed by atoms with Crippen molar-refractivity contribution in [3.05, 3.63) is 23.5 Å². The topological polar surface area (TPSA) is 28.6 Å². The molecule has 0 amide bonds. The molecule has 0 unspecified atom stereocenters. The molecule has 2 fully saturated rings. The Morgan fingerprint density at radius 1 is 0.913 bits per heavy atom. The van der Waals surface area contributed by atoms with Crippen LogP contribution in [0.25, 0.3) is 0 Å². The van der Waals surface area contributed by atoms with Gasteiger partial charge < -0.3 is 9.64 Å². The van der Waals surface area contributed by atoms with Crippen molar-refractivity contribution >= 4 is 5.69 Å². The number of ether oxygens (including phenoxy) is 1. The van der Waals surface area contributed by atoms with Gasteiger partial charge in [-0.1, -0.05) is 0 Å². The zero-order valence-corrected chi connectivity index (χ0v) is 12.7. The molecule has 8 heteroatoms. The Bertz CT molecular complexity index is 532. The van der Waals surface area contributed by atoms with Gasteiger partial charge in [0.1, 0.15) is 5.69 Å². The standard InChI is InChI=1S/C15H19F4N3O/c16-11-13(12(17)15(19)20-14(11)18)22-3-1-10(2-4-22)9-21-5-7-23-8-6-21/h10H,1-9H2. The first-order valence-corrected chi connectivity index (χ1v) is 7.81. The molecule has 3 heterocycles. The Labute approximate surface area is 132 Å². The normalized spacial score (nSPS) is 21.0. The largest absolute Gasteiger partial charge is 0.379 e. The van der Waals surface area contributed by atoms with Gasteiger partial charge in [0.15, 0.2) is 0 Å². The zero-order valence-electron chi connectivity index (χ0n) is 12.7. The molecule has 0 radical (unpaired) electrons. The second-order valence-corrected chi connectivity index (χ2v) is 6.01. The summed E-state index contributed by atoms with van der Waals surface area (Å²) in [4.78, 5) is 6.28. The summed E-state index contributed by atoms with van der Waals surface area (Å²) < 4.78 is 59.3. The second-order valence-electron chi connectivity index (χ2n) is 6.01. The maximum Gasteiger partial charge on any atom is 0.253 e. The summed E-state index contributed by atoms with van der Waals surface area (Å²) in [6.45, 7) is 4.89. The quantitative estimate of drug-likeness (QED) is 0.626. The van der Waals surface area contributed by atoms with E-state index in [2.05, 4.69) is 9.88 Å². The molecule has 2 aliphatic heterocycles. The van der Waals surface area contributed by atoms with Gasteiger partial charge in [0.05, 0.1) is 13.2 Å². The molecular formula is C15H19F4N3O. The monoisotopic (exact) mass is 333 g/mol. The van der Waals surface area contributed by atoms with E-state index in [1.54, 1.807) is 0 Å². The molecule has 23 heavy (non-hydrogen) atoms. The summed E-state index contributed by atoms with van der Waals surface area (Å²) in [6.07, 6.45) is 1.45. The number of pyridine rings is 1. The highest BCUT2D eigenvalue weighted by Crippen LogP contribution is 2.30. The zero-order chi connectivity index (χ0) is 16.4. The summed E-state index contributed by atoms with van der Waals surface area (Å²) in [6, 6.07) is 0. The van der Waals surface area contributed by atoms with E-state index in [4.69, 9.17) is 4.74 Å². The van der Waals surface area contributed by atoms with Crippen molar-refractivity contribution in [1.29, 1.82) is 0 Å². The first-order valence-electron chi connectivity index (χ1n) is 7.81. The number of anilines is 1. The molecule has 0 aromatic carbocycles. The number of hydrogen-bond acceptors (Lipinski definition) is 4. The van der Waals surface area contributed by atoms with Crippen LogP contribution in [0.4, 0.5) is 23.2 Å². The van der Waals surface area contributed by atoms with Crippen LogP contribution in [0.3, 0.4) is 0 Å². The molecule has 0 N–H and O–H groups in total. The van der Waals surface area contributed by atoms with Gasteiger partial charge in [0.25, 0.3) is 11.9 Å². The number of halogens is 4. The Kier molecular flexibility index (Phi) is 5.01. The average molecular weight is 333 g/mol. The lowest BCUT2D eigenvalue weighted by Gasteiger charge is -2.37. The molecule has 128 valence electrons. The SMILES string of the molecule is Fc1nc(F)c(F)c(N2CCC(CN3CCOCC3)CC2)c1F. The van der Waals surface area contributed by atoms with Gasteiger partial charge in [-0.2, -0.15) is 22.5 Å². The van der Waals surface area contributed by atoms with Crippen LogP contribution in [0.1, 0.15) is 12.8 Å². The Balaban J connectivity index is 1.63. The van der Waals surface area contributed by atoms with Crippen LogP contribution in [0.2, 0.25) is 0 Å². The molecule has 1 aromatic heterocycles. The van der Waals surface area contributed by atoms with E-state index in [9.17, 15) is 17.6 Å². The van der Waals surface area contributed by atoms with Crippen LogP contribution in [0, 0.1) is 29.4 Å². The van der Waals surface area contributed by atoms with Crippen LogP contribution >= 0.6 is 0 Å². The van der Waals surface area contributed by atoms with Crippen LogP contribution in [-0.2, 0) is 4.74 Å². The lowest BCUT2D eigenvalue weighted by Crippen LogP contribution is -2.43. The van der Waals surface area contributed by atoms with Crippen LogP contribution in [-0.4, -0.2) is 55.8 Å². The third-order valence-electron chi connectivity index (χ3n) is 4.53. The molecule has 0 atom stereocenters. The van der Waals surface area contributed by atoms with Crippen molar-refractivity contribution in [2.75, 3.05) is 50.8 Å². The smallest absolute Gasteiger partial charge is 0.253 e. The van der Waals surface area contributed by atoms with Crippen molar-refractivity contribution in [3.8, 4) is 0 Å². The molecular weight excluding hydrogens is 314 g/mol. The van der Waals surface area contributed by atoms with Gasteiger partial charge in [-0.15, -0.1) is 0 Å². The third-order valence-corrected chi connectivity index (χ3v) is 4.53. The summed E-state index contributed by atoms with van der Waals surface area (Å²) in [5.41, 5.74) is -0.639. The number of rotatable bonds is 3. The summed E-state index contributed by atoms with van der Waals surface area (Å²) in [5, 5.41) is 0. The summed E-state index contributed by atoms with van der Waals surface area (Å²) >= 11 is 0. The van der Waals surface area contributed by atoms with Gasteiger partial charge >= 0.3 is 0 Å². The highest BCUT2D eigenvalue weighted by atomic mass is 19.2. The number of morpholine rings is 1. The van der Waals surface area contributed by atoms with Gasteiger partial charge in [0, 0.05) is 32.7 Å². The number of nitrogens with zero attached hydrogens (tertiary/aromatic N) is 3. The fraction of sp³-hybridized carbons (Fsp3) is 0.667. The number of hydrogen-bond donors (Lipinski definition) is 0. The molecule has 0 bridgehead atoms. The number of piperidine rings is 1. The third kappa shape index (κ3) is 3.58. The minimum Gasteiger partial charge on any atom is -0.379 e. The van der Waals surface area contributed by atoms with Gasteiger partial charge in [-0.05, 0) is 18.8 Å². The fourth-order valence-corrected chi connectivity index (χ4v) is 3.24. The van der Waals surface area contributed by atoms with Gasteiger partial charge in [0.2, 0.25) is 11.6 Å². The van der Waals surface area contributed by atoms with Crippen molar-refractivity contribution in [2.45, 2.75) is 12.8 Å². The Morgan fingerprint density at radius 2 is 1.48 bits per heavy atom. The van der Waals surface area contributed by atoms with E-state index in [-0.39, 0.29) is 0 Å². The minimum atomic E-state index is -1.60. The van der Waals surface area contributed by atoms with E-state index in [0.29, 0.717) is 19.0 Å². The molecule has 4 nitrogen and oxygen atoms in total. The highest BCUT2D eigenvalue weighted by molar-refractivity contribution is 5.48. The van der Waals surface area contributed by atoms with E-state index >= 15 is 0 Å². The molecule has 1 aromatic rings. The van der Waals surface area contributed by atoms with Gasteiger partial charge in [-0.25, -0.2) is 0 Å². The lowest BCUT2D eigenvalue weighted by molar-refractivity contribution is 0.0289. The summed E-state index contributed by atoms with van der Waals surface area (Å²) in [7, 11) is 0. The minimum absolute atomic E-state index is 0.367. The van der Waals surface area contributed by atoms with Crippen molar-refractivity contribution in [3.63, 3.8) is 0 Å². The summed E-state index contributed by atoms with van der Waals surface area (Å²) in [5.74, 6) is -5.64. The number of aromatic nitrogens is 1. The van der Waals surface area contributed by atoms with Crippen LogP contribution < -0.4 is 4.90 Å². The predicted octanol–water partition coefficient (Wildman–Crippen LogP) is 2.19. The van der Waals surface area contributed by atoms with E-state index in [0.717, 1.165) is 45.7 Å². The Morgan fingerprint density at radius 3 is 2.04 bits per heavy atom. The second kappa shape index (κ2) is 7.00. The molecule has 0 spiro atoms. The van der Waals surface area contributed by atoms with Gasteiger partial charge in [-0.3, -0.25) is 4.90 Å². The van der Waals surface area contributed by atoms with E-state index in [1.165, 1.54) is 4.90 Å². The van der Waals surface area contributed by atoms with E-state index in [1.807, 2.05) is 0 Å². The molecule has 2 aliphatic rings. The van der Waals surface area contributed by atoms with E-state index < -0.39 is 29.2 Å². The molecule has 2 saturated heterocycles. The maximum atomic E-state index is 13.8. The van der Waals surface area contributed by atoms with Crippen LogP contribution in [0.15, 0.2) is 0 Å². The van der Waals surface area contributed by atoms with Crippen molar-refractivity contribution in [1.82, 2.24) is 9.88 Å². The Hall–Kier alpha value is -1.41. The molecule has 0 aliphatic carbocycles. The van der Waals surface area contributed by atoms with Crippen molar-refractivity contribution < 1.29 is 22.3 Å². The highest BCUT2D eigenvalue weighted by Gasteiger charge is 2.29. The lowest BCUT2D eigenvalue weighted by atomic mass is 9.95. The first-order chi connectivity index (χ1) is 11.1. The maximum absolute atomic E-state index is 13.8. The predicted molar refractivity (Wildman–Crippen MR) is 76.3 cm³/mol. The molecule has 3 rings (SSSR count). The average Bonchev–Trinajstić information content (AvgIpc) is 2.56. The fourth-order valence-electron chi connectivity index (χ4n) is 3.24. The molecule has 0 saturated carbocycles. The van der Waals surface area contributed by atoms with Crippen LogP contribution in [0.5, 0.6) is 0 Å². The van der Waals surface area contributed by atoms with Crippen molar-refractivity contribution in [2.24, 2.45) is 5.92 Å². The first kappa shape index (κ1) is 16.4.